The number of carbonyl (C=O) groups is 1. The fourth-order valence-electron chi connectivity index (χ4n) is 2.64. The van der Waals surface area contributed by atoms with E-state index in [1.807, 2.05) is 30.3 Å². The number of rotatable bonds is 8. The quantitative estimate of drug-likeness (QED) is 0.530. The standard InChI is InChI=1S/C21H24O5/c1-23-17-13-19(24-2)18(20(14-17)25-3)12-16(21(22)26-4)11-10-15-8-6-5-7-9-15/h5-9,12-14H,10-11H2,1-4H3. The molecule has 0 N–H and O–H groups in total. The van der Waals surface area contributed by atoms with E-state index in [0.29, 0.717) is 34.8 Å². The monoisotopic (exact) mass is 356 g/mol. The Morgan fingerprint density at radius 2 is 1.54 bits per heavy atom. The molecule has 0 unspecified atom stereocenters. The summed E-state index contributed by atoms with van der Waals surface area (Å²) in [7, 11) is 6.07. The average molecular weight is 356 g/mol. The van der Waals surface area contributed by atoms with E-state index in [-0.39, 0.29) is 5.97 Å². The highest BCUT2D eigenvalue weighted by Crippen LogP contribution is 2.36. The summed E-state index contributed by atoms with van der Waals surface area (Å²) in [5.74, 6) is 1.35. The van der Waals surface area contributed by atoms with Gasteiger partial charge in [0.05, 0.1) is 34.0 Å². The van der Waals surface area contributed by atoms with E-state index in [4.69, 9.17) is 18.9 Å². The molecule has 0 aliphatic carbocycles. The van der Waals surface area contributed by atoms with Gasteiger partial charge in [0.25, 0.3) is 0 Å². The van der Waals surface area contributed by atoms with Crippen molar-refractivity contribution in [2.24, 2.45) is 0 Å². The number of ether oxygens (including phenoxy) is 4. The number of aryl methyl sites for hydroxylation is 1. The minimum Gasteiger partial charge on any atom is -0.496 e. The van der Waals surface area contributed by atoms with Crippen molar-refractivity contribution in [2.75, 3.05) is 28.4 Å². The molecule has 0 heterocycles. The van der Waals surface area contributed by atoms with Gasteiger partial charge >= 0.3 is 5.97 Å². The Bertz CT molecular complexity index is 740. The second-order valence-corrected chi connectivity index (χ2v) is 5.59. The summed E-state index contributed by atoms with van der Waals surface area (Å²) in [5, 5.41) is 0. The Morgan fingerprint density at radius 1 is 0.923 bits per heavy atom. The van der Waals surface area contributed by atoms with Gasteiger partial charge in [-0.1, -0.05) is 30.3 Å². The number of hydrogen-bond donors (Lipinski definition) is 0. The third kappa shape index (κ3) is 4.79. The predicted octanol–water partition coefficient (Wildman–Crippen LogP) is 3.90. The Labute approximate surface area is 154 Å². The van der Waals surface area contributed by atoms with Gasteiger partial charge < -0.3 is 18.9 Å². The van der Waals surface area contributed by atoms with Gasteiger partial charge in [-0.3, -0.25) is 0 Å². The minimum absolute atomic E-state index is 0.374. The van der Waals surface area contributed by atoms with Gasteiger partial charge in [0.2, 0.25) is 0 Å². The van der Waals surface area contributed by atoms with E-state index < -0.39 is 0 Å². The van der Waals surface area contributed by atoms with Crippen LogP contribution in [0.15, 0.2) is 48.0 Å². The van der Waals surface area contributed by atoms with Crippen molar-refractivity contribution < 1.29 is 23.7 Å². The molecule has 5 heteroatoms. The third-order valence-corrected chi connectivity index (χ3v) is 4.05. The molecule has 0 amide bonds. The Hall–Kier alpha value is -2.95. The first-order chi connectivity index (χ1) is 12.6. The molecule has 0 saturated heterocycles. The number of benzene rings is 2. The van der Waals surface area contributed by atoms with E-state index >= 15 is 0 Å². The molecule has 0 aromatic heterocycles. The van der Waals surface area contributed by atoms with E-state index in [1.54, 1.807) is 39.5 Å². The molecule has 0 atom stereocenters. The second-order valence-electron chi connectivity index (χ2n) is 5.59. The van der Waals surface area contributed by atoms with Gasteiger partial charge in [-0.25, -0.2) is 4.79 Å². The lowest BCUT2D eigenvalue weighted by molar-refractivity contribution is -0.136. The maximum absolute atomic E-state index is 12.3. The summed E-state index contributed by atoms with van der Waals surface area (Å²) in [6.07, 6.45) is 3.02. The molecule has 2 aromatic carbocycles. The van der Waals surface area contributed by atoms with E-state index in [2.05, 4.69) is 0 Å². The first kappa shape index (κ1) is 19.4. The molecular formula is C21H24O5. The van der Waals surface area contributed by atoms with Gasteiger partial charge in [0.15, 0.2) is 0 Å². The summed E-state index contributed by atoms with van der Waals surface area (Å²) >= 11 is 0. The Morgan fingerprint density at radius 3 is 2.04 bits per heavy atom. The summed E-state index contributed by atoms with van der Waals surface area (Å²) in [4.78, 5) is 12.3. The molecular weight excluding hydrogens is 332 g/mol. The van der Waals surface area contributed by atoms with Crippen molar-refractivity contribution in [1.29, 1.82) is 0 Å². The van der Waals surface area contributed by atoms with Crippen LogP contribution in [-0.2, 0) is 16.0 Å². The van der Waals surface area contributed by atoms with Crippen molar-refractivity contribution in [1.82, 2.24) is 0 Å². The van der Waals surface area contributed by atoms with Crippen LogP contribution < -0.4 is 14.2 Å². The highest BCUT2D eigenvalue weighted by atomic mass is 16.5. The molecule has 0 fully saturated rings. The van der Waals surface area contributed by atoms with Gasteiger partial charge in [0, 0.05) is 17.7 Å². The summed E-state index contributed by atoms with van der Waals surface area (Å²) in [5.41, 5.74) is 2.36. The van der Waals surface area contributed by atoms with Crippen LogP contribution >= 0.6 is 0 Å². The number of methoxy groups -OCH3 is 4. The summed E-state index contributed by atoms with van der Waals surface area (Å²) in [6, 6.07) is 13.5. The zero-order chi connectivity index (χ0) is 18.9. The SMILES string of the molecule is COC(=O)C(=Cc1c(OC)cc(OC)cc1OC)CCc1ccccc1. The highest BCUT2D eigenvalue weighted by molar-refractivity contribution is 5.94. The van der Waals surface area contributed by atoms with Gasteiger partial charge in [-0.2, -0.15) is 0 Å². The third-order valence-electron chi connectivity index (χ3n) is 4.05. The first-order valence-corrected chi connectivity index (χ1v) is 8.25. The second kappa shape index (κ2) is 9.51. The van der Waals surface area contributed by atoms with Crippen LogP contribution in [0.1, 0.15) is 17.5 Å². The molecule has 0 aliphatic heterocycles. The molecule has 138 valence electrons. The van der Waals surface area contributed by atoms with Crippen molar-refractivity contribution in [3.8, 4) is 17.2 Å². The van der Waals surface area contributed by atoms with Crippen LogP contribution in [0.2, 0.25) is 0 Å². The van der Waals surface area contributed by atoms with Crippen molar-refractivity contribution >= 4 is 12.0 Å². The fraction of sp³-hybridized carbons (Fsp3) is 0.286. The largest absolute Gasteiger partial charge is 0.496 e. The lowest BCUT2D eigenvalue weighted by Crippen LogP contribution is -2.06. The van der Waals surface area contributed by atoms with Crippen LogP contribution in [0, 0.1) is 0 Å². The van der Waals surface area contributed by atoms with Crippen LogP contribution in [0.4, 0.5) is 0 Å². The highest BCUT2D eigenvalue weighted by Gasteiger charge is 2.16. The van der Waals surface area contributed by atoms with Crippen LogP contribution in [0.3, 0.4) is 0 Å². The zero-order valence-corrected chi connectivity index (χ0v) is 15.6. The molecule has 26 heavy (non-hydrogen) atoms. The Balaban J connectivity index is 2.41. The van der Waals surface area contributed by atoms with Crippen LogP contribution in [0.25, 0.3) is 6.08 Å². The zero-order valence-electron chi connectivity index (χ0n) is 15.6. The molecule has 0 bridgehead atoms. The average Bonchev–Trinajstić information content (AvgIpc) is 2.70. The molecule has 0 spiro atoms. The van der Waals surface area contributed by atoms with E-state index in [9.17, 15) is 4.79 Å². The maximum atomic E-state index is 12.3. The van der Waals surface area contributed by atoms with Gasteiger partial charge in [-0.05, 0) is 24.5 Å². The van der Waals surface area contributed by atoms with Crippen LogP contribution in [0.5, 0.6) is 17.2 Å². The molecule has 5 nitrogen and oxygen atoms in total. The minimum atomic E-state index is -0.374. The molecule has 2 aromatic rings. The molecule has 0 saturated carbocycles. The van der Waals surface area contributed by atoms with E-state index in [1.165, 1.54) is 7.11 Å². The number of hydrogen-bond acceptors (Lipinski definition) is 5. The lowest BCUT2D eigenvalue weighted by Gasteiger charge is -2.14. The normalized spacial score (nSPS) is 11.0. The predicted molar refractivity (Wildman–Crippen MR) is 101 cm³/mol. The fourth-order valence-corrected chi connectivity index (χ4v) is 2.64. The van der Waals surface area contributed by atoms with Gasteiger partial charge in [-0.15, -0.1) is 0 Å². The van der Waals surface area contributed by atoms with Crippen molar-refractivity contribution in [3.05, 3.63) is 59.2 Å². The smallest absolute Gasteiger partial charge is 0.333 e. The lowest BCUT2D eigenvalue weighted by atomic mass is 10.0. The summed E-state index contributed by atoms with van der Waals surface area (Å²) in [6.45, 7) is 0. The van der Waals surface area contributed by atoms with Gasteiger partial charge in [0.1, 0.15) is 17.2 Å². The Kier molecular flexibility index (Phi) is 7.09. The van der Waals surface area contributed by atoms with Crippen LogP contribution in [-0.4, -0.2) is 34.4 Å². The van der Waals surface area contributed by atoms with Crippen molar-refractivity contribution in [2.45, 2.75) is 12.8 Å². The summed E-state index contributed by atoms with van der Waals surface area (Å²) < 4.78 is 21.1. The molecule has 0 radical (unpaired) electrons. The molecule has 2 rings (SSSR count). The topological polar surface area (TPSA) is 54.0 Å². The first-order valence-electron chi connectivity index (χ1n) is 8.25. The van der Waals surface area contributed by atoms with Crippen molar-refractivity contribution in [3.63, 3.8) is 0 Å². The van der Waals surface area contributed by atoms with E-state index in [0.717, 1.165) is 12.0 Å². The number of carbonyl (C=O) groups excluding carboxylic acids is 1. The maximum Gasteiger partial charge on any atom is 0.333 e. The number of esters is 1. The molecule has 0 aliphatic rings.